The SMILES string of the molecule is CNc1nc2c(c(C(=O)O)n1)CNCC2. The highest BCUT2D eigenvalue weighted by atomic mass is 16.4. The fourth-order valence-electron chi connectivity index (χ4n) is 1.63. The van der Waals surface area contributed by atoms with Crippen LogP contribution >= 0.6 is 0 Å². The van der Waals surface area contributed by atoms with Crippen molar-refractivity contribution < 1.29 is 9.90 Å². The summed E-state index contributed by atoms with van der Waals surface area (Å²) in [7, 11) is 1.68. The minimum atomic E-state index is -1.01. The lowest BCUT2D eigenvalue weighted by Crippen LogP contribution is -2.28. The molecule has 1 aromatic rings. The van der Waals surface area contributed by atoms with Crippen LogP contribution < -0.4 is 10.6 Å². The summed E-state index contributed by atoms with van der Waals surface area (Å²) in [6.07, 6.45) is 0.743. The number of carbonyl (C=O) groups is 1. The number of carboxylic acids is 1. The van der Waals surface area contributed by atoms with E-state index >= 15 is 0 Å². The summed E-state index contributed by atoms with van der Waals surface area (Å²) in [5.74, 6) is -0.637. The number of hydrogen-bond acceptors (Lipinski definition) is 5. The summed E-state index contributed by atoms with van der Waals surface area (Å²) in [4.78, 5) is 19.2. The molecule has 0 spiro atoms. The van der Waals surface area contributed by atoms with Crippen LogP contribution in [-0.2, 0) is 13.0 Å². The molecule has 2 heterocycles. The molecule has 80 valence electrons. The van der Waals surface area contributed by atoms with E-state index in [1.165, 1.54) is 0 Å². The van der Waals surface area contributed by atoms with Gasteiger partial charge in [-0.15, -0.1) is 0 Å². The zero-order valence-corrected chi connectivity index (χ0v) is 8.37. The minimum Gasteiger partial charge on any atom is -0.476 e. The van der Waals surface area contributed by atoms with Gasteiger partial charge in [0.25, 0.3) is 0 Å². The Bertz CT molecular complexity index is 405. The molecule has 0 bridgehead atoms. The number of nitrogens with one attached hydrogen (secondary N) is 2. The second kappa shape index (κ2) is 3.82. The molecule has 0 atom stereocenters. The summed E-state index contributed by atoms with van der Waals surface area (Å²) >= 11 is 0. The normalized spacial score (nSPS) is 14.5. The van der Waals surface area contributed by atoms with Gasteiger partial charge in [0, 0.05) is 32.1 Å². The molecule has 1 aromatic heterocycles. The Labute approximate surface area is 86.7 Å². The van der Waals surface area contributed by atoms with Gasteiger partial charge >= 0.3 is 5.97 Å². The topological polar surface area (TPSA) is 87.1 Å². The van der Waals surface area contributed by atoms with Gasteiger partial charge in [0.1, 0.15) is 0 Å². The molecule has 2 rings (SSSR count). The molecule has 1 aliphatic rings. The molecule has 0 saturated carbocycles. The van der Waals surface area contributed by atoms with Gasteiger partial charge in [-0.05, 0) is 0 Å². The lowest BCUT2D eigenvalue weighted by molar-refractivity contribution is 0.0688. The van der Waals surface area contributed by atoms with Crippen LogP contribution in [0.3, 0.4) is 0 Å². The monoisotopic (exact) mass is 208 g/mol. The molecule has 0 unspecified atom stereocenters. The van der Waals surface area contributed by atoms with Crippen molar-refractivity contribution in [3.8, 4) is 0 Å². The molecule has 15 heavy (non-hydrogen) atoms. The number of rotatable bonds is 2. The highest BCUT2D eigenvalue weighted by Gasteiger charge is 2.21. The fourth-order valence-corrected chi connectivity index (χ4v) is 1.63. The van der Waals surface area contributed by atoms with E-state index in [-0.39, 0.29) is 5.69 Å². The van der Waals surface area contributed by atoms with Crippen LogP contribution in [0.4, 0.5) is 5.95 Å². The van der Waals surface area contributed by atoms with Gasteiger partial charge in [-0.1, -0.05) is 0 Å². The molecule has 6 heteroatoms. The third-order valence-electron chi connectivity index (χ3n) is 2.36. The molecule has 3 N–H and O–H groups in total. The van der Waals surface area contributed by atoms with Crippen LogP contribution in [0.25, 0.3) is 0 Å². The third kappa shape index (κ3) is 1.75. The van der Waals surface area contributed by atoms with Gasteiger partial charge in [0.05, 0.1) is 5.69 Å². The van der Waals surface area contributed by atoms with E-state index in [1.54, 1.807) is 7.05 Å². The molecule has 0 amide bonds. The maximum Gasteiger partial charge on any atom is 0.355 e. The van der Waals surface area contributed by atoms with E-state index in [0.717, 1.165) is 18.7 Å². The number of aromatic nitrogens is 2. The van der Waals surface area contributed by atoms with Crippen molar-refractivity contribution in [3.63, 3.8) is 0 Å². The van der Waals surface area contributed by atoms with Crippen molar-refractivity contribution in [1.82, 2.24) is 15.3 Å². The zero-order chi connectivity index (χ0) is 10.8. The molecular formula is C9H12N4O2. The lowest BCUT2D eigenvalue weighted by Gasteiger charge is -2.18. The fraction of sp³-hybridized carbons (Fsp3) is 0.444. The minimum absolute atomic E-state index is 0.0940. The van der Waals surface area contributed by atoms with Crippen LogP contribution in [0.5, 0.6) is 0 Å². The Morgan fingerprint density at radius 1 is 1.53 bits per heavy atom. The van der Waals surface area contributed by atoms with Gasteiger partial charge in [-0.2, -0.15) is 0 Å². The third-order valence-corrected chi connectivity index (χ3v) is 2.36. The van der Waals surface area contributed by atoms with E-state index in [4.69, 9.17) is 5.11 Å². The van der Waals surface area contributed by atoms with Crippen molar-refractivity contribution in [2.24, 2.45) is 0 Å². The Balaban J connectivity index is 2.55. The summed E-state index contributed by atoms with van der Waals surface area (Å²) in [5, 5.41) is 14.9. The van der Waals surface area contributed by atoms with Gasteiger partial charge in [0.15, 0.2) is 5.69 Å². The van der Waals surface area contributed by atoms with Crippen LogP contribution in [0, 0.1) is 0 Å². The smallest absolute Gasteiger partial charge is 0.355 e. The van der Waals surface area contributed by atoms with Gasteiger partial charge < -0.3 is 15.7 Å². The molecule has 6 nitrogen and oxygen atoms in total. The predicted molar refractivity (Wildman–Crippen MR) is 53.9 cm³/mol. The molecule has 0 saturated heterocycles. The average Bonchev–Trinajstić information content (AvgIpc) is 2.27. The number of carboxylic acid groups (broad SMARTS) is 1. The Hall–Kier alpha value is -1.69. The lowest BCUT2D eigenvalue weighted by atomic mass is 10.1. The molecule has 0 aliphatic carbocycles. The number of fused-ring (bicyclic) bond motifs is 1. The molecule has 0 fully saturated rings. The van der Waals surface area contributed by atoms with Gasteiger partial charge in [0.2, 0.25) is 5.95 Å². The van der Waals surface area contributed by atoms with Crippen LogP contribution in [0.1, 0.15) is 21.7 Å². The van der Waals surface area contributed by atoms with E-state index < -0.39 is 5.97 Å². The maximum absolute atomic E-state index is 11.0. The summed E-state index contributed by atoms with van der Waals surface area (Å²) in [6, 6.07) is 0. The first-order valence-corrected chi connectivity index (χ1v) is 4.74. The van der Waals surface area contributed by atoms with E-state index in [1.807, 2.05) is 0 Å². The highest BCUT2D eigenvalue weighted by molar-refractivity contribution is 5.87. The van der Waals surface area contributed by atoms with Crippen molar-refractivity contribution in [2.45, 2.75) is 13.0 Å². The van der Waals surface area contributed by atoms with Crippen LogP contribution in [0.2, 0.25) is 0 Å². The van der Waals surface area contributed by atoms with Crippen LogP contribution in [-0.4, -0.2) is 34.6 Å². The first-order valence-electron chi connectivity index (χ1n) is 4.74. The van der Waals surface area contributed by atoms with E-state index in [2.05, 4.69) is 20.6 Å². The van der Waals surface area contributed by atoms with Crippen molar-refractivity contribution in [3.05, 3.63) is 17.0 Å². The van der Waals surface area contributed by atoms with Crippen molar-refractivity contribution in [1.29, 1.82) is 0 Å². The van der Waals surface area contributed by atoms with Crippen molar-refractivity contribution in [2.75, 3.05) is 18.9 Å². The van der Waals surface area contributed by atoms with Crippen molar-refractivity contribution >= 4 is 11.9 Å². The molecular weight excluding hydrogens is 196 g/mol. The largest absolute Gasteiger partial charge is 0.476 e. The standard InChI is InChI=1S/C9H12N4O2/c1-10-9-12-6-2-3-11-4-5(6)7(13-9)8(14)15/h11H,2-4H2,1H3,(H,14,15)(H,10,12,13). The Morgan fingerprint density at radius 2 is 2.33 bits per heavy atom. The quantitative estimate of drug-likeness (QED) is 0.627. The number of hydrogen-bond donors (Lipinski definition) is 3. The molecule has 0 aromatic carbocycles. The van der Waals surface area contributed by atoms with E-state index in [0.29, 0.717) is 18.1 Å². The number of anilines is 1. The number of aromatic carboxylic acids is 1. The van der Waals surface area contributed by atoms with Crippen LogP contribution in [0.15, 0.2) is 0 Å². The molecule has 1 aliphatic heterocycles. The number of nitrogens with zero attached hydrogens (tertiary/aromatic N) is 2. The summed E-state index contributed by atoms with van der Waals surface area (Å²) in [6.45, 7) is 1.35. The van der Waals surface area contributed by atoms with E-state index in [9.17, 15) is 4.79 Å². The predicted octanol–water partition coefficient (Wildman–Crippen LogP) is -0.138. The van der Waals surface area contributed by atoms with Gasteiger partial charge in [-0.3, -0.25) is 0 Å². The highest BCUT2D eigenvalue weighted by Crippen LogP contribution is 2.17. The summed E-state index contributed by atoms with van der Waals surface area (Å²) in [5.41, 5.74) is 1.62. The average molecular weight is 208 g/mol. The van der Waals surface area contributed by atoms with Gasteiger partial charge in [-0.25, -0.2) is 14.8 Å². The maximum atomic E-state index is 11.0. The first-order chi connectivity index (χ1) is 7.22. The summed E-state index contributed by atoms with van der Waals surface area (Å²) < 4.78 is 0. The Kier molecular flexibility index (Phi) is 2.51. The Morgan fingerprint density at radius 3 is 3.00 bits per heavy atom. The first kappa shape index (κ1) is 9.85. The second-order valence-electron chi connectivity index (χ2n) is 3.30. The molecule has 0 radical (unpaired) electrons. The zero-order valence-electron chi connectivity index (χ0n) is 8.37. The second-order valence-corrected chi connectivity index (χ2v) is 3.30.